The summed E-state index contributed by atoms with van der Waals surface area (Å²) in [5.74, 6) is 5.64. The number of carbonyl (C=O) groups excluding carboxylic acids is 1. The largest absolute Gasteiger partial charge is 0.593 e. The van der Waals surface area contributed by atoms with Crippen molar-refractivity contribution in [1.82, 2.24) is 21.2 Å². The van der Waals surface area contributed by atoms with Crippen LogP contribution in [0.15, 0.2) is 39.3 Å². The molecular weight excluding hydrogens is 464 g/mol. The van der Waals surface area contributed by atoms with Crippen LogP contribution in [0.2, 0.25) is 0 Å². The molecule has 1 amide bonds. The molecule has 0 aliphatic carbocycles. The highest BCUT2D eigenvalue weighted by Gasteiger charge is 2.27. The number of amidine groups is 1. The van der Waals surface area contributed by atoms with Gasteiger partial charge in [0.2, 0.25) is 0 Å². The molecular formula is C19H28N10O2S2. The lowest BCUT2D eigenvalue weighted by atomic mass is 9.98. The van der Waals surface area contributed by atoms with Crippen molar-refractivity contribution in [3.05, 3.63) is 35.5 Å². The summed E-state index contributed by atoms with van der Waals surface area (Å²) in [6.07, 6.45) is 2.33. The maximum absolute atomic E-state index is 12.9. The van der Waals surface area contributed by atoms with Crippen LogP contribution in [0.3, 0.4) is 0 Å². The number of carbonyl (C=O) groups is 1. The molecule has 1 aromatic heterocycles. The molecule has 13 N–H and O–H groups in total. The Hall–Kier alpha value is -2.59. The van der Waals surface area contributed by atoms with Crippen molar-refractivity contribution in [2.75, 3.05) is 31.1 Å². The van der Waals surface area contributed by atoms with Gasteiger partial charge >= 0.3 is 0 Å². The van der Waals surface area contributed by atoms with Gasteiger partial charge in [-0.05, 0) is 30.7 Å². The summed E-state index contributed by atoms with van der Waals surface area (Å²) in [5, 5.41) is 15.8. The predicted octanol–water partition coefficient (Wildman–Crippen LogP) is -1.46. The Balaban J connectivity index is 2.12. The van der Waals surface area contributed by atoms with E-state index in [0.717, 1.165) is 13.0 Å². The van der Waals surface area contributed by atoms with Crippen molar-refractivity contribution in [2.24, 2.45) is 27.6 Å². The van der Waals surface area contributed by atoms with Gasteiger partial charge in [-0.25, -0.2) is 16.4 Å². The quantitative estimate of drug-likeness (QED) is 0.0503. The van der Waals surface area contributed by atoms with Crippen LogP contribution >= 0.6 is 11.8 Å². The molecule has 1 aliphatic heterocycles. The van der Waals surface area contributed by atoms with E-state index in [1.54, 1.807) is 18.2 Å². The molecule has 2 aromatic rings. The normalized spacial score (nSPS) is 17.1. The van der Waals surface area contributed by atoms with Crippen LogP contribution in [-0.2, 0) is 11.4 Å². The summed E-state index contributed by atoms with van der Waals surface area (Å²) in [6, 6.07) is 5.15. The lowest BCUT2D eigenvalue weighted by Gasteiger charge is -2.18. The zero-order chi connectivity index (χ0) is 24.0. The third kappa shape index (κ3) is 5.86. The Bertz CT molecular complexity index is 1030. The first-order valence-corrected chi connectivity index (χ1v) is 12.3. The van der Waals surface area contributed by atoms with E-state index in [0.29, 0.717) is 40.4 Å². The molecule has 2 heterocycles. The highest BCUT2D eigenvalue weighted by atomic mass is 32.2. The van der Waals surface area contributed by atoms with Gasteiger partial charge in [-0.2, -0.15) is 0 Å². The number of hydrazone groups is 1. The maximum Gasteiger partial charge on any atom is 0.255 e. The number of aromatic nitrogens is 1. The minimum absolute atomic E-state index is 0.0136. The van der Waals surface area contributed by atoms with E-state index < -0.39 is 11.4 Å². The van der Waals surface area contributed by atoms with E-state index in [9.17, 15) is 9.35 Å². The van der Waals surface area contributed by atoms with Crippen LogP contribution in [0.25, 0.3) is 11.1 Å². The van der Waals surface area contributed by atoms with Crippen molar-refractivity contribution < 1.29 is 9.35 Å². The van der Waals surface area contributed by atoms with Crippen LogP contribution in [0.1, 0.15) is 22.3 Å². The highest BCUT2D eigenvalue weighted by Crippen LogP contribution is 2.36. The summed E-state index contributed by atoms with van der Waals surface area (Å²) in [6.45, 7) is 1.95. The molecule has 12 nitrogen and oxygen atoms in total. The first-order valence-electron chi connectivity index (χ1n) is 10.1. The number of nitrogens with zero attached hydrogens (tertiary/aromatic N) is 2. The fourth-order valence-electron chi connectivity index (χ4n) is 3.51. The van der Waals surface area contributed by atoms with Gasteiger partial charge in [0.25, 0.3) is 5.91 Å². The lowest BCUT2D eigenvalue weighted by Crippen LogP contribution is -2.36. The molecule has 1 aliphatic rings. The van der Waals surface area contributed by atoms with Crippen molar-refractivity contribution in [1.29, 1.82) is 0 Å². The Morgan fingerprint density at radius 2 is 2.21 bits per heavy atom. The molecule has 0 radical (unpaired) electrons. The number of hydrogen-bond acceptors (Lipinski definition) is 11. The van der Waals surface area contributed by atoms with E-state index in [1.807, 2.05) is 0 Å². The Kier molecular flexibility index (Phi) is 8.74. The molecule has 0 saturated carbocycles. The second kappa shape index (κ2) is 11.5. The molecule has 33 heavy (non-hydrogen) atoms. The molecule has 1 aromatic carbocycles. The molecule has 3 rings (SSSR count). The third-order valence-corrected chi connectivity index (χ3v) is 7.06. The second-order valence-corrected chi connectivity index (χ2v) is 9.34. The van der Waals surface area contributed by atoms with Gasteiger partial charge in [-0.3, -0.25) is 4.79 Å². The SMILES string of the molecule is NCCSc1ccc(-c2cnc(N)c(C(=O)NC3CCNC3)c2)c(/C(N)=N/NN)c1[S+](N)[O-]. The van der Waals surface area contributed by atoms with E-state index in [1.165, 1.54) is 18.0 Å². The minimum Gasteiger partial charge on any atom is -0.593 e. The molecule has 2 unspecified atom stereocenters. The topological polar surface area (TPSA) is 232 Å². The monoisotopic (exact) mass is 492 g/mol. The van der Waals surface area contributed by atoms with E-state index >= 15 is 0 Å². The van der Waals surface area contributed by atoms with Gasteiger partial charge in [-0.1, -0.05) is 6.07 Å². The fraction of sp³-hybridized carbons (Fsp3) is 0.316. The second-order valence-electron chi connectivity index (χ2n) is 7.20. The first-order chi connectivity index (χ1) is 15.9. The average Bonchev–Trinajstić information content (AvgIpc) is 3.30. The number of hydrazine groups is 1. The van der Waals surface area contributed by atoms with Gasteiger partial charge in [0.15, 0.2) is 10.7 Å². The molecule has 0 bridgehead atoms. The number of nitrogens with one attached hydrogen (secondary N) is 3. The number of thioether (sulfide) groups is 1. The summed E-state index contributed by atoms with van der Waals surface area (Å²) in [5.41, 5.74) is 21.5. The van der Waals surface area contributed by atoms with Gasteiger partial charge in [-0.15, -0.1) is 22.0 Å². The summed E-state index contributed by atoms with van der Waals surface area (Å²) in [4.78, 5) is 18.0. The van der Waals surface area contributed by atoms with Crippen LogP contribution in [0.5, 0.6) is 0 Å². The predicted molar refractivity (Wildman–Crippen MR) is 131 cm³/mol. The van der Waals surface area contributed by atoms with E-state index in [4.69, 9.17) is 28.2 Å². The number of nitrogens with two attached hydrogens (primary N) is 5. The standard InChI is InChI=1S/C19H28N10O2S2/c20-4-6-32-14-2-1-12(15(16(14)33(24)31)18(22)28-29-23)10-7-13(17(21)26-8-10)19(30)27-11-3-5-25-9-11/h1-2,7-8,11,25,29H,3-6,9,20,23-24H2,(H2,21,26)(H2,22,28)(H,27,30). The summed E-state index contributed by atoms with van der Waals surface area (Å²) in [7, 11) is 0. The lowest BCUT2D eigenvalue weighted by molar-refractivity contribution is 0.0940. The van der Waals surface area contributed by atoms with Gasteiger partial charge < -0.3 is 32.4 Å². The zero-order valence-corrected chi connectivity index (χ0v) is 19.5. The van der Waals surface area contributed by atoms with Crippen molar-refractivity contribution in [3.8, 4) is 11.1 Å². The van der Waals surface area contributed by atoms with Crippen molar-refractivity contribution in [3.63, 3.8) is 0 Å². The minimum atomic E-state index is -1.91. The third-order valence-electron chi connectivity index (χ3n) is 5.01. The summed E-state index contributed by atoms with van der Waals surface area (Å²) < 4.78 is 12.5. The number of rotatable bonds is 9. The van der Waals surface area contributed by atoms with Crippen LogP contribution < -0.4 is 44.4 Å². The molecule has 14 heteroatoms. The number of hydrogen-bond donors (Lipinski definition) is 8. The molecule has 0 spiro atoms. The number of amides is 1. The number of benzene rings is 1. The Labute approximate surface area is 198 Å². The molecule has 178 valence electrons. The molecule has 1 saturated heterocycles. The van der Waals surface area contributed by atoms with E-state index in [-0.39, 0.29) is 34.1 Å². The van der Waals surface area contributed by atoms with Gasteiger partial charge in [0, 0.05) is 36.6 Å². The fourth-order valence-corrected chi connectivity index (χ4v) is 5.35. The first kappa shape index (κ1) is 25.0. The maximum atomic E-state index is 12.9. The molecule has 1 fully saturated rings. The molecule has 2 atom stereocenters. The number of nitrogen functional groups attached to an aromatic ring is 1. The Morgan fingerprint density at radius 1 is 1.42 bits per heavy atom. The zero-order valence-electron chi connectivity index (χ0n) is 17.8. The summed E-state index contributed by atoms with van der Waals surface area (Å²) >= 11 is -0.517. The van der Waals surface area contributed by atoms with Crippen molar-refractivity contribution >= 4 is 40.7 Å². The van der Waals surface area contributed by atoms with Crippen LogP contribution in [-0.4, -0.2) is 52.7 Å². The van der Waals surface area contributed by atoms with Crippen LogP contribution in [0.4, 0.5) is 5.82 Å². The van der Waals surface area contributed by atoms with Gasteiger partial charge in [0.05, 0.1) is 27.4 Å². The van der Waals surface area contributed by atoms with Crippen molar-refractivity contribution in [2.45, 2.75) is 22.3 Å². The highest BCUT2D eigenvalue weighted by molar-refractivity contribution is 8.00. The van der Waals surface area contributed by atoms with Crippen LogP contribution in [0, 0.1) is 0 Å². The Morgan fingerprint density at radius 3 is 2.85 bits per heavy atom. The van der Waals surface area contributed by atoms with E-state index in [2.05, 4.69) is 26.3 Å². The average molecular weight is 493 g/mol. The number of pyridine rings is 1. The number of anilines is 1. The smallest absolute Gasteiger partial charge is 0.255 e. The van der Waals surface area contributed by atoms with Gasteiger partial charge in [0.1, 0.15) is 5.82 Å².